The van der Waals surface area contributed by atoms with E-state index in [4.69, 9.17) is 10.5 Å². The lowest BCUT2D eigenvalue weighted by atomic mass is 10.2. The van der Waals surface area contributed by atoms with Crippen LogP contribution in [0.2, 0.25) is 0 Å². The van der Waals surface area contributed by atoms with E-state index in [1.807, 2.05) is 30.3 Å². The largest absolute Gasteiger partial charge is 0.496 e. The number of thioether (sulfide) groups is 1. The Morgan fingerprint density at radius 2 is 2.09 bits per heavy atom. The Morgan fingerprint density at radius 1 is 1.35 bits per heavy atom. The maximum absolute atomic E-state index is 5.87. The normalized spacial score (nSPS) is 11.9. The Balaban J connectivity index is 1.98. The highest BCUT2D eigenvalue weighted by atomic mass is 127. The molecule has 0 unspecified atom stereocenters. The second-order valence-electron chi connectivity index (χ2n) is 4.47. The number of halogens is 2. The average molecular weight is 504 g/mol. The molecule has 0 atom stereocenters. The molecule has 0 spiro atoms. The van der Waals surface area contributed by atoms with E-state index in [2.05, 4.69) is 60.9 Å². The van der Waals surface area contributed by atoms with Crippen LogP contribution in [0.25, 0.3) is 0 Å². The van der Waals surface area contributed by atoms with Crippen LogP contribution >= 0.6 is 50.3 Å². The third-order valence-electron chi connectivity index (χ3n) is 2.85. The molecule has 2 aromatic carbocycles. The van der Waals surface area contributed by atoms with Gasteiger partial charge in [-0.05, 0) is 56.2 Å². The van der Waals surface area contributed by atoms with Crippen molar-refractivity contribution >= 4 is 61.7 Å². The molecule has 4 nitrogen and oxygen atoms in total. The highest BCUT2D eigenvalue weighted by Gasteiger charge is 2.05. The first-order chi connectivity index (χ1) is 11.1. The molecule has 0 saturated carbocycles. The smallest absolute Gasteiger partial charge is 0.180 e. The van der Waals surface area contributed by atoms with Gasteiger partial charge in [-0.1, -0.05) is 42.1 Å². The maximum Gasteiger partial charge on any atom is 0.180 e. The zero-order chi connectivity index (χ0) is 16.7. The second-order valence-corrected chi connectivity index (χ2v) is 7.48. The van der Waals surface area contributed by atoms with Gasteiger partial charge in [0, 0.05) is 15.8 Å². The summed E-state index contributed by atoms with van der Waals surface area (Å²) in [4.78, 5) is 0. The van der Waals surface area contributed by atoms with Crippen LogP contribution in [0.3, 0.4) is 0 Å². The van der Waals surface area contributed by atoms with Crippen LogP contribution < -0.4 is 10.5 Å². The fraction of sp³-hybridized carbons (Fsp3) is 0.125. The van der Waals surface area contributed by atoms with E-state index in [1.54, 1.807) is 13.3 Å². The number of nitrogens with zero attached hydrogens (tertiary/aromatic N) is 2. The van der Waals surface area contributed by atoms with Crippen molar-refractivity contribution in [2.75, 3.05) is 7.11 Å². The summed E-state index contributed by atoms with van der Waals surface area (Å²) in [5.41, 5.74) is 7.98. The molecule has 2 N–H and O–H groups in total. The van der Waals surface area contributed by atoms with E-state index >= 15 is 0 Å². The lowest BCUT2D eigenvalue weighted by Crippen LogP contribution is -2.06. The number of methoxy groups -OCH3 is 1. The van der Waals surface area contributed by atoms with Gasteiger partial charge in [0.05, 0.1) is 16.9 Å². The Morgan fingerprint density at radius 3 is 2.78 bits per heavy atom. The second kappa shape index (κ2) is 9.29. The number of ether oxygens (including phenoxy) is 1. The van der Waals surface area contributed by atoms with Crippen LogP contribution in [-0.2, 0) is 5.75 Å². The number of benzene rings is 2. The van der Waals surface area contributed by atoms with Crippen molar-refractivity contribution in [3.63, 3.8) is 0 Å². The highest BCUT2D eigenvalue weighted by Crippen LogP contribution is 2.27. The minimum Gasteiger partial charge on any atom is -0.496 e. The Kier molecular flexibility index (Phi) is 7.38. The number of hydrogen-bond acceptors (Lipinski definition) is 4. The van der Waals surface area contributed by atoms with Gasteiger partial charge in [-0.15, -0.1) is 5.10 Å². The first-order valence-electron chi connectivity index (χ1n) is 6.66. The predicted octanol–water partition coefficient (Wildman–Crippen LogP) is 4.64. The molecule has 0 aliphatic rings. The summed E-state index contributed by atoms with van der Waals surface area (Å²) < 4.78 is 7.16. The van der Waals surface area contributed by atoms with Crippen molar-refractivity contribution in [1.29, 1.82) is 0 Å². The monoisotopic (exact) mass is 503 g/mol. The lowest BCUT2D eigenvalue weighted by Gasteiger charge is -2.05. The molecule has 0 saturated heterocycles. The average Bonchev–Trinajstić information content (AvgIpc) is 2.56. The summed E-state index contributed by atoms with van der Waals surface area (Å²) in [5, 5.41) is 8.51. The van der Waals surface area contributed by atoms with Crippen molar-refractivity contribution in [2.45, 2.75) is 5.75 Å². The summed E-state index contributed by atoms with van der Waals surface area (Å²) in [6.45, 7) is 0. The zero-order valence-corrected chi connectivity index (χ0v) is 16.9. The Labute approximate surface area is 161 Å². The lowest BCUT2D eigenvalue weighted by molar-refractivity contribution is 0.411. The molecule has 2 aromatic rings. The molecule has 0 heterocycles. The molecule has 23 heavy (non-hydrogen) atoms. The standard InChI is InChI=1S/C16H15BrIN3OS/c1-22-15-8-13(17)12(7-14(15)18)9-20-21-16(19)23-10-11-5-3-2-4-6-11/h2-9H,10H2,1H3,(H2,19,21). The summed E-state index contributed by atoms with van der Waals surface area (Å²) >= 11 is 7.17. The van der Waals surface area contributed by atoms with E-state index in [9.17, 15) is 0 Å². The summed E-state index contributed by atoms with van der Waals surface area (Å²) in [5.74, 6) is 1.59. The van der Waals surface area contributed by atoms with Crippen LogP contribution in [0.15, 0.2) is 57.1 Å². The molecule has 0 aliphatic heterocycles. The van der Waals surface area contributed by atoms with Gasteiger partial charge in [0.15, 0.2) is 5.17 Å². The molecule has 7 heteroatoms. The zero-order valence-electron chi connectivity index (χ0n) is 12.4. The third-order valence-corrected chi connectivity index (χ3v) is 5.24. The van der Waals surface area contributed by atoms with Gasteiger partial charge in [0.1, 0.15) is 5.75 Å². The number of rotatable bonds is 5. The predicted molar refractivity (Wildman–Crippen MR) is 110 cm³/mol. The maximum atomic E-state index is 5.87. The van der Waals surface area contributed by atoms with Crippen molar-refractivity contribution in [3.05, 3.63) is 61.6 Å². The first-order valence-corrected chi connectivity index (χ1v) is 9.52. The van der Waals surface area contributed by atoms with Gasteiger partial charge in [-0.25, -0.2) is 0 Å². The summed E-state index contributed by atoms with van der Waals surface area (Å²) in [6, 6.07) is 14.0. The van der Waals surface area contributed by atoms with Crippen molar-refractivity contribution in [3.8, 4) is 5.75 Å². The minimum atomic E-state index is 0.435. The van der Waals surface area contributed by atoms with Gasteiger partial charge in [0.2, 0.25) is 0 Å². The molecule has 0 amide bonds. The van der Waals surface area contributed by atoms with Crippen LogP contribution in [-0.4, -0.2) is 18.5 Å². The van der Waals surface area contributed by atoms with Gasteiger partial charge >= 0.3 is 0 Å². The molecule has 0 radical (unpaired) electrons. The van der Waals surface area contributed by atoms with E-state index in [0.717, 1.165) is 25.1 Å². The number of hydrogen-bond donors (Lipinski definition) is 1. The highest BCUT2D eigenvalue weighted by molar-refractivity contribution is 14.1. The Hall–Kier alpha value is -1.06. The molecule has 0 bridgehead atoms. The first kappa shape index (κ1) is 18.3. The summed E-state index contributed by atoms with van der Waals surface area (Å²) in [7, 11) is 1.65. The SMILES string of the molecule is COc1cc(Br)c(C=NN=C(N)SCc2ccccc2)cc1I. The minimum absolute atomic E-state index is 0.435. The van der Waals surface area contributed by atoms with Gasteiger partial charge in [-0.3, -0.25) is 0 Å². The van der Waals surface area contributed by atoms with E-state index in [-0.39, 0.29) is 0 Å². The van der Waals surface area contributed by atoms with E-state index in [1.165, 1.54) is 17.3 Å². The number of amidine groups is 1. The van der Waals surface area contributed by atoms with Gasteiger partial charge in [0.25, 0.3) is 0 Å². The van der Waals surface area contributed by atoms with Crippen LogP contribution in [0.4, 0.5) is 0 Å². The van der Waals surface area contributed by atoms with Crippen molar-refractivity contribution in [1.82, 2.24) is 0 Å². The molecule has 120 valence electrons. The quantitative estimate of drug-likeness (QED) is 0.280. The van der Waals surface area contributed by atoms with E-state index < -0.39 is 0 Å². The van der Waals surface area contributed by atoms with Gasteiger partial charge < -0.3 is 10.5 Å². The molecule has 0 aliphatic carbocycles. The molecular formula is C16H15BrIN3OS. The fourth-order valence-corrected chi connectivity index (χ4v) is 3.46. The topological polar surface area (TPSA) is 60.0 Å². The number of nitrogens with two attached hydrogens (primary N) is 1. The van der Waals surface area contributed by atoms with Crippen LogP contribution in [0.1, 0.15) is 11.1 Å². The van der Waals surface area contributed by atoms with Crippen molar-refractivity contribution in [2.24, 2.45) is 15.9 Å². The molecular weight excluding hydrogens is 489 g/mol. The molecule has 2 rings (SSSR count). The Bertz CT molecular complexity index is 723. The molecule has 0 aromatic heterocycles. The van der Waals surface area contributed by atoms with Crippen LogP contribution in [0, 0.1) is 3.57 Å². The van der Waals surface area contributed by atoms with Gasteiger partial charge in [-0.2, -0.15) is 5.10 Å². The molecule has 0 fully saturated rings. The van der Waals surface area contributed by atoms with E-state index in [0.29, 0.717) is 5.17 Å². The summed E-state index contributed by atoms with van der Waals surface area (Å²) in [6.07, 6.45) is 1.67. The van der Waals surface area contributed by atoms with Crippen LogP contribution in [0.5, 0.6) is 5.75 Å². The van der Waals surface area contributed by atoms with Crippen molar-refractivity contribution < 1.29 is 4.74 Å². The third kappa shape index (κ3) is 5.82. The fourth-order valence-electron chi connectivity index (χ4n) is 1.71.